The average molecular weight is 565 g/mol. The number of hydrogen-bond donors (Lipinski definition) is 0. The molecule has 0 spiro atoms. The number of hydrogen-bond acceptors (Lipinski definition) is 6. The molecule has 0 bridgehead atoms. The average Bonchev–Trinajstić information content (AvgIpc) is 3.21. The lowest BCUT2D eigenvalue weighted by Gasteiger charge is -2.24. The van der Waals surface area contributed by atoms with Gasteiger partial charge >= 0.3 is 5.97 Å². The molecule has 0 amide bonds. The van der Waals surface area contributed by atoms with E-state index in [9.17, 15) is 9.59 Å². The first-order valence-corrected chi connectivity index (χ1v) is 13.3. The van der Waals surface area contributed by atoms with E-state index in [2.05, 4.69) is 4.99 Å². The molecule has 1 aliphatic heterocycles. The highest BCUT2D eigenvalue weighted by molar-refractivity contribution is 7.07. The minimum absolute atomic E-state index is 0.259. The number of aromatic nitrogens is 1. The molecule has 0 radical (unpaired) electrons. The molecule has 0 fully saturated rings. The molecule has 0 unspecified atom stereocenters. The van der Waals surface area contributed by atoms with Crippen molar-refractivity contribution in [3.63, 3.8) is 0 Å². The molecule has 2 heterocycles. The molecular formula is C29H22Cl2N2O4S. The summed E-state index contributed by atoms with van der Waals surface area (Å²) >= 11 is 13.6. The minimum atomic E-state index is -0.691. The summed E-state index contributed by atoms with van der Waals surface area (Å²) < 4.78 is 13.0. The number of esters is 1. The molecule has 9 heteroatoms. The highest BCUT2D eigenvalue weighted by Gasteiger charge is 2.33. The summed E-state index contributed by atoms with van der Waals surface area (Å²) in [7, 11) is 1.31. The quantitative estimate of drug-likeness (QED) is 0.298. The lowest BCUT2D eigenvalue weighted by molar-refractivity contribution is -0.136. The zero-order valence-corrected chi connectivity index (χ0v) is 22.8. The third kappa shape index (κ3) is 5.18. The topological polar surface area (TPSA) is 69.9 Å². The Bertz CT molecular complexity index is 1740. The molecule has 3 aromatic carbocycles. The lowest BCUT2D eigenvalue weighted by atomic mass is 9.96. The molecule has 4 aromatic rings. The molecule has 5 rings (SSSR count). The van der Waals surface area contributed by atoms with Gasteiger partial charge in [0.15, 0.2) is 4.80 Å². The summed E-state index contributed by atoms with van der Waals surface area (Å²) in [5.74, 6) is 0.109. The molecular weight excluding hydrogens is 543 g/mol. The zero-order chi connectivity index (χ0) is 26.8. The smallest absolute Gasteiger partial charge is 0.338 e. The van der Waals surface area contributed by atoms with Crippen LogP contribution in [0.15, 0.2) is 93.9 Å². The van der Waals surface area contributed by atoms with Crippen LogP contribution in [-0.4, -0.2) is 17.6 Å². The molecule has 6 nitrogen and oxygen atoms in total. The number of thiazole rings is 1. The van der Waals surface area contributed by atoms with Crippen LogP contribution in [0.5, 0.6) is 5.75 Å². The van der Waals surface area contributed by atoms with Gasteiger partial charge in [0.1, 0.15) is 12.4 Å². The van der Waals surface area contributed by atoms with Crippen LogP contribution in [-0.2, 0) is 16.1 Å². The third-order valence-electron chi connectivity index (χ3n) is 6.12. The van der Waals surface area contributed by atoms with Crippen LogP contribution < -0.4 is 19.6 Å². The van der Waals surface area contributed by atoms with Gasteiger partial charge in [-0.1, -0.05) is 77.0 Å². The van der Waals surface area contributed by atoms with Crippen molar-refractivity contribution in [2.75, 3.05) is 7.11 Å². The highest BCUT2D eigenvalue weighted by Crippen LogP contribution is 2.31. The van der Waals surface area contributed by atoms with Gasteiger partial charge in [-0.2, -0.15) is 0 Å². The number of carbonyl (C=O) groups is 1. The van der Waals surface area contributed by atoms with Crippen LogP contribution in [0.1, 0.15) is 29.7 Å². The van der Waals surface area contributed by atoms with E-state index in [0.29, 0.717) is 43.0 Å². The van der Waals surface area contributed by atoms with E-state index >= 15 is 0 Å². The first kappa shape index (κ1) is 26.0. The van der Waals surface area contributed by atoms with E-state index in [1.54, 1.807) is 37.3 Å². The normalized spacial score (nSPS) is 15.2. The van der Waals surface area contributed by atoms with Gasteiger partial charge in [0.25, 0.3) is 5.56 Å². The summed E-state index contributed by atoms with van der Waals surface area (Å²) in [6.07, 6.45) is 1.79. The Labute approximate surface area is 232 Å². The van der Waals surface area contributed by atoms with Crippen molar-refractivity contribution < 1.29 is 14.3 Å². The monoisotopic (exact) mass is 564 g/mol. The Morgan fingerprint density at radius 3 is 2.58 bits per heavy atom. The number of rotatable bonds is 6. The second-order valence-electron chi connectivity index (χ2n) is 8.58. The van der Waals surface area contributed by atoms with Gasteiger partial charge in [0, 0.05) is 15.6 Å². The summed E-state index contributed by atoms with van der Waals surface area (Å²) in [5, 5.41) is 1.19. The van der Waals surface area contributed by atoms with Crippen LogP contribution >= 0.6 is 34.5 Å². The van der Waals surface area contributed by atoms with E-state index in [4.69, 9.17) is 32.7 Å². The largest absolute Gasteiger partial charge is 0.489 e. The van der Waals surface area contributed by atoms with E-state index in [1.807, 2.05) is 48.5 Å². The van der Waals surface area contributed by atoms with Gasteiger partial charge in [-0.15, -0.1) is 0 Å². The van der Waals surface area contributed by atoms with Crippen LogP contribution in [0, 0.1) is 0 Å². The molecule has 0 saturated heterocycles. The van der Waals surface area contributed by atoms with Gasteiger partial charge in [-0.3, -0.25) is 9.36 Å². The minimum Gasteiger partial charge on any atom is -0.489 e. The maximum absolute atomic E-state index is 13.7. The molecule has 0 saturated carbocycles. The lowest BCUT2D eigenvalue weighted by Crippen LogP contribution is -2.39. The molecule has 1 aliphatic rings. The van der Waals surface area contributed by atoms with Crippen LogP contribution in [0.2, 0.25) is 10.0 Å². The number of ether oxygens (including phenoxy) is 2. The predicted octanol–water partition coefficient (Wildman–Crippen LogP) is 5.29. The first-order valence-electron chi connectivity index (χ1n) is 11.7. The SMILES string of the molecule is COC(=O)C1=C(C)N=c2s/c(=C\c3cccc(OCc4ccccc4Cl)c3)c(=O)n2[C@H]1c1ccc(Cl)cc1. The summed E-state index contributed by atoms with van der Waals surface area (Å²) in [6.45, 7) is 2.06. The van der Waals surface area contributed by atoms with Gasteiger partial charge in [0.05, 0.1) is 29.0 Å². The Kier molecular flexibility index (Phi) is 7.51. The maximum Gasteiger partial charge on any atom is 0.338 e. The molecule has 192 valence electrons. The highest BCUT2D eigenvalue weighted by atomic mass is 35.5. The van der Waals surface area contributed by atoms with Gasteiger partial charge in [-0.25, -0.2) is 9.79 Å². The predicted molar refractivity (Wildman–Crippen MR) is 149 cm³/mol. The fraction of sp³-hybridized carbons (Fsp3) is 0.138. The molecule has 0 aliphatic carbocycles. The second-order valence-corrected chi connectivity index (χ2v) is 10.4. The van der Waals surface area contributed by atoms with Crippen LogP contribution in [0.4, 0.5) is 0 Å². The van der Waals surface area contributed by atoms with Gasteiger partial charge in [-0.05, 0) is 54.5 Å². The van der Waals surface area contributed by atoms with E-state index in [-0.39, 0.29) is 5.56 Å². The second kappa shape index (κ2) is 11.0. The van der Waals surface area contributed by atoms with Crippen molar-refractivity contribution in [1.82, 2.24) is 4.57 Å². The van der Waals surface area contributed by atoms with E-state index < -0.39 is 12.0 Å². The first-order chi connectivity index (χ1) is 18.4. The fourth-order valence-electron chi connectivity index (χ4n) is 4.28. The summed E-state index contributed by atoms with van der Waals surface area (Å²) in [6, 6.07) is 21.3. The number of methoxy groups -OCH3 is 1. The summed E-state index contributed by atoms with van der Waals surface area (Å²) in [5.41, 5.74) is 2.95. The van der Waals surface area contributed by atoms with Crippen LogP contribution in [0.25, 0.3) is 6.08 Å². The van der Waals surface area contributed by atoms with Crippen molar-refractivity contribution in [2.45, 2.75) is 19.6 Å². The number of halogens is 2. The van der Waals surface area contributed by atoms with Crippen molar-refractivity contribution >= 4 is 46.6 Å². The number of fused-ring (bicyclic) bond motifs is 1. The summed E-state index contributed by atoms with van der Waals surface area (Å²) in [4.78, 5) is 31.5. The van der Waals surface area contributed by atoms with Crippen molar-refractivity contribution in [2.24, 2.45) is 4.99 Å². The van der Waals surface area contributed by atoms with Gasteiger partial charge < -0.3 is 9.47 Å². The van der Waals surface area contributed by atoms with E-state index in [1.165, 1.54) is 23.0 Å². The Balaban J connectivity index is 1.55. The number of benzene rings is 3. The Morgan fingerprint density at radius 2 is 1.84 bits per heavy atom. The number of carbonyl (C=O) groups excluding carboxylic acids is 1. The molecule has 1 aromatic heterocycles. The van der Waals surface area contributed by atoms with Crippen molar-refractivity contribution in [3.8, 4) is 5.75 Å². The van der Waals surface area contributed by atoms with Gasteiger partial charge in [0.2, 0.25) is 0 Å². The number of nitrogens with zero attached hydrogens (tertiary/aromatic N) is 2. The maximum atomic E-state index is 13.7. The molecule has 38 heavy (non-hydrogen) atoms. The number of allylic oxidation sites excluding steroid dienone is 1. The third-order valence-corrected chi connectivity index (χ3v) is 7.72. The van der Waals surface area contributed by atoms with E-state index in [0.717, 1.165) is 16.7 Å². The molecule has 1 atom stereocenters. The van der Waals surface area contributed by atoms with Crippen molar-refractivity contribution in [1.29, 1.82) is 0 Å². The zero-order valence-electron chi connectivity index (χ0n) is 20.5. The Hall–Kier alpha value is -3.65. The Morgan fingerprint density at radius 1 is 1.08 bits per heavy atom. The van der Waals surface area contributed by atoms with Crippen molar-refractivity contribution in [3.05, 3.63) is 130 Å². The fourth-order valence-corrected chi connectivity index (χ4v) is 5.64. The molecule has 0 N–H and O–H groups in total. The van der Waals surface area contributed by atoms with Crippen LogP contribution in [0.3, 0.4) is 0 Å². The standard InChI is InChI=1S/C29H22Cl2N2O4S/c1-17-25(28(35)36-2)26(19-10-12-21(30)13-11-19)33-27(34)24(38-29(33)32-17)15-18-6-5-8-22(14-18)37-16-20-7-3-4-9-23(20)31/h3-15,26H,16H2,1-2H3/b24-15-/t26-/m0/s1.